The van der Waals surface area contributed by atoms with Gasteiger partial charge in [-0.25, -0.2) is 9.37 Å². The number of aromatic nitrogens is 4. The third-order valence-electron chi connectivity index (χ3n) is 5.96. The van der Waals surface area contributed by atoms with Crippen LogP contribution in [0, 0.1) is 5.82 Å². The molecule has 3 unspecified atom stereocenters. The Kier molecular flexibility index (Phi) is 3.95. The van der Waals surface area contributed by atoms with Crippen LogP contribution in [0.3, 0.4) is 0 Å². The van der Waals surface area contributed by atoms with E-state index in [1.807, 2.05) is 12.1 Å². The van der Waals surface area contributed by atoms with Crippen molar-refractivity contribution in [3.63, 3.8) is 0 Å². The molecule has 0 saturated heterocycles. The molecule has 156 valence electrons. The number of aliphatic hydroxyl groups is 1. The lowest BCUT2D eigenvalue weighted by atomic mass is 10.0. The van der Waals surface area contributed by atoms with E-state index in [1.54, 1.807) is 35.1 Å². The van der Waals surface area contributed by atoms with Crippen LogP contribution in [0.5, 0.6) is 5.75 Å². The molecule has 1 saturated carbocycles. The van der Waals surface area contributed by atoms with Crippen LogP contribution in [-0.2, 0) is 6.54 Å². The first kappa shape index (κ1) is 18.2. The number of nitrogens with zero attached hydrogens (tertiary/aromatic N) is 4. The molecule has 1 aliphatic carbocycles. The Morgan fingerprint density at radius 1 is 1.26 bits per heavy atom. The van der Waals surface area contributed by atoms with E-state index < -0.39 is 6.23 Å². The topological polar surface area (TPSA) is 111 Å². The van der Waals surface area contributed by atoms with E-state index in [0.29, 0.717) is 28.6 Å². The van der Waals surface area contributed by atoms with E-state index in [1.165, 1.54) is 6.07 Å². The Morgan fingerprint density at radius 2 is 2.10 bits per heavy atom. The lowest BCUT2D eigenvalue weighted by Gasteiger charge is -2.14. The van der Waals surface area contributed by atoms with Crippen LogP contribution in [0.4, 0.5) is 10.3 Å². The van der Waals surface area contributed by atoms with Gasteiger partial charge in [-0.05, 0) is 29.7 Å². The molecule has 3 atom stereocenters. The van der Waals surface area contributed by atoms with Crippen LogP contribution in [0.15, 0.2) is 48.9 Å². The highest BCUT2D eigenvalue weighted by atomic mass is 19.1. The van der Waals surface area contributed by atoms with Crippen molar-refractivity contribution in [1.29, 1.82) is 0 Å². The third kappa shape index (κ3) is 2.93. The number of hydrogen-bond donors (Lipinski definition) is 3. The van der Waals surface area contributed by atoms with Gasteiger partial charge in [0.1, 0.15) is 30.2 Å². The standard InChI is InChI=1S/C22H19FN6O2/c23-16-5-6-17-19(13-7-18(13)31-17)15(16)9-26-22-25-8-14(21-28-27-10-29(21)22)11-1-3-12(4-2-11)20(24)30/h1-6,8,10,13,18,20,30H,7,9,24H2,(H,25,26). The van der Waals surface area contributed by atoms with Crippen molar-refractivity contribution in [3.8, 4) is 16.9 Å². The summed E-state index contributed by atoms with van der Waals surface area (Å²) in [4.78, 5) is 4.52. The van der Waals surface area contributed by atoms with Crippen molar-refractivity contribution in [3.05, 3.63) is 71.4 Å². The molecule has 2 aliphatic rings. The van der Waals surface area contributed by atoms with Crippen LogP contribution in [0.2, 0.25) is 0 Å². The smallest absolute Gasteiger partial charge is 0.210 e. The summed E-state index contributed by atoms with van der Waals surface area (Å²) in [5.41, 5.74) is 9.97. The minimum atomic E-state index is -1.02. The van der Waals surface area contributed by atoms with Gasteiger partial charge in [0.2, 0.25) is 5.95 Å². The lowest BCUT2D eigenvalue weighted by molar-refractivity contribution is 0.186. The summed E-state index contributed by atoms with van der Waals surface area (Å²) in [7, 11) is 0. The second-order valence-corrected chi connectivity index (χ2v) is 7.88. The summed E-state index contributed by atoms with van der Waals surface area (Å²) in [6.45, 7) is 0.282. The molecule has 1 fully saturated rings. The summed E-state index contributed by atoms with van der Waals surface area (Å²) in [6.07, 6.45) is 3.39. The van der Waals surface area contributed by atoms with Crippen LogP contribution in [-0.4, -0.2) is 30.8 Å². The maximum atomic E-state index is 14.6. The first-order chi connectivity index (χ1) is 15.1. The van der Waals surface area contributed by atoms with Crippen LogP contribution in [0.25, 0.3) is 16.8 Å². The fourth-order valence-electron chi connectivity index (χ4n) is 4.26. The van der Waals surface area contributed by atoms with Crippen molar-refractivity contribution < 1.29 is 14.2 Å². The summed E-state index contributed by atoms with van der Waals surface area (Å²) in [5.74, 6) is 1.34. The Hall–Kier alpha value is -3.56. The highest BCUT2D eigenvalue weighted by Gasteiger charge is 2.49. The molecule has 0 radical (unpaired) electrons. The molecule has 1 aliphatic heterocycles. The average Bonchev–Trinajstić information content (AvgIpc) is 3.19. The van der Waals surface area contributed by atoms with Gasteiger partial charge in [0.25, 0.3) is 0 Å². The number of aliphatic hydroxyl groups excluding tert-OH is 1. The lowest BCUT2D eigenvalue weighted by Crippen LogP contribution is -2.10. The van der Waals surface area contributed by atoms with Gasteiger partial charge in [-0.3, -0.25) is 4.40 Å². The van der Waals surface area contributed by atoms with Crippen molar-refractivity contribution in [2.75, 3.05) is 5.32 Å². The zero-order chi connectivity index (χ0) is 21.1. The predicted molar refractivity (Wildman–Crippen MR) is 111 cm³/mol. The minimum Gasteiger partial charge on any atom is -0.489 e. The summed E-state index contributed by atoms with van der Waals surface area (Å²) < 4.78 is 22.1. The Bertz CT molecular complexity index is 1300. The van der Waals surface area contributed by atoms with E-state index in [2.05, 4.69) is 20.5 Å². The van der Waals surface area contributed by atoms with Gasteiger partial charge < -0.3 is 20.9 Å². The molecule has 31 heavy (non-hydrogen) atoms. The fraction of sp³-hybridized carbons (Fsp3) is 0.227. The molecule has 8 nitrogen and oxygen atoms in total. The number of nitrogens with one attached hydrogen (secondary N) is 1. The first-order valence-corrected chi connectivity index (χ1v) is 10.0. The van der Waals surface area contributed by atoms with Gasteiger partial charge >= 0.3 is 0 Å². The van der Waals surface area contributed by atoms with E-state index in [0.717, 1.165) is 28.9 Å². The molecule has 3 heterocycles. The van der Waals surface area contributed by atoms with Crippen LogP contribution >= 0.6 is 0 Å². The monoisotopic (exact) mass is 418 g/mol. The Morgan fingerprint density at radius 3 is 2.90 bits per heavy atom. The second kappa shape index (κ2) is 6.73. The van der Waals surface area contributed by atoms with Crippen LogP contribution in [0.1, 0.15) is 35.3 Å². The summed E-state index contributed by atoms with van der Waals surface area (Å²) in [5, 5.41) is 21.0. The summed E-state index contributed by atoms with van der Waals surface area (Å²) in [6, 6.07) is 10.4. The van der Waals surface area contributed by atoms with Gasteiger partial charge in [0.15, 0.2) is 5.65 Å². The number of halogens is 1. The normalized spacial score (nSPS) is 19.6. The van der Waals surface area contributed by atoms with Crippen molar-refractivity contribution in [2.24, 2.45) is 5.73 Å². The maximum Gasteiger partial charge on any atom is 0.210 e. The Labute approximate surface area is 176 Å². The molecule has 2 aromatic heterocycles. The highest BCUT2D eigenvalue weighted by Crippen LogP contribution is 2.55. The van der Waals surface area contributed by atoms with Gasteiger partial charge in [-0.2, -0.15) is 0 Å². The highest BCUT2D eigenvalue weighted by molar-refractivity contribution is 5.77. The van der Waals surface area contributed by atoms with E-state index in [-0.39, 0.29) is 18.5 Å². The van der Waals surface area contributed by atoms with Crippen molar-refractivity contribution >= 4 is 11.6 Å². The second-order valence-electron chi connectivity index (χ2n) is 7.88. The number of nitrogens with two attached hydrogens (primary N) is 1. The van der Waals surface area contributed by atoms with Gasteiger partial charge in [0, 0.05) is 35.3 Å². The molecule has 9 heteroatoms. The number of benzene rings is 2. The molecule has 0 amide bonds. The number of fused-ring (bicyclic) bond motifs is 4. The van der Waals surface area contributed by atoms with Gasteiger partial charge in [-0.1, -0.05) is 24.3 Å². The molecule has 4 N–H and O–H groups in total. The molecule has 0 bridgehead atoms. The zero-order valence-corrected chi connectivity index (χ0v) is 16.4. The zero-order valence-electron chi connectivity index (χ0n) is 16.4. The number of hydrogen-bond acceptors (Lipinski definition) is 7. The van der Waals surface area contributed by atoms with Crippen molar-refractivity contribution in [1.82, 2.24) is 19.6 Å². The minimum absolute atomic E-state index is 0.198. The SMILES string of the molecule is NC(O)c1ccc(-c2cnc(NCc3c(F)ccc4c3C3CC3O4)n3cnnc23)cc1. The average molecular weight is 418 g/mol. The van der Waals surface area contributed by atoms with Gasteiger partial charge in [0.05, 0.1) is 0 Å². The molecule has 6 rings (SSSR count). The largest absolute Gasteiger partial charge is 0.489 e. The van der Waals surface area contributed by atoms with Gasteiger partial charge in [-0.15, -0.1) is 10.2 Å². The maximum absolute atomic E-state index is 14.6. The predicted octanol–water partition coefficient (Wildman–Crippen LogP) is 2.74. The van der Waals surface area contributed by atoms with Crippen molar-refractivity contribution in [2.45, 2.75) is 31.2 Å². The third-order valence-corrected chi connectivity index (χ3v) is 5.96. The number of rotatable bonds is 5. The van der Waals surface area contributed by atoms with Crippen LogP contribution < -0.4 is 15.8 Å². The Balaban J connectivity index is 1.32. The van der Waals surface area contributed by atoms with E-state index >= 15 is 0 Å². The number of ether oxygens (including phenoxy) is 1. The van der Waals surface area contributed by atoms with E-state index in [4.69, 9.17) is 10.5 Å². The van der Waals surface area contributed by atoms with E-state index in [9.17, 15) is 9.50 Å². The molecule has 4 aromatic rings. The first-order valence-electron chi connectivity index (χ1n) is 10.0. The molecular formula is C22H19FN6O2. The number of anilines is 1. The molecule has 0 spiro atoms. The summed E-state index contributed by atoms with van der Waals surface area (Å²) >= 11 is 0. The fourth-order valence-corrected chi connectivity index (χ4v) is 4.26. The molecule has 2 aromatic carbocycles. The molecular weight excluding hydrogens is 399 g/mol. The quantitative estimate of drug-likeness (QED) is 0.428.